The first-order valence-electron chi connectivity index (χ1n) is 6.49. The van der Waals surface area contributed by atoms with E-state index in [1.807, 2.05) is 4.90 Å². The van der Waals surface area contributed by atoms with Gasteiger partial charge in [-0.2, -0.15) is 0 Å². The van der Waals surface area contributed by atoms with Crippen molar-refractivity contribution < 1.29 is 4.79 Å². The molecular formula is C13H15BrClN3O. The number of aromatic nitrogens is 1. The van der Waals surface area contributed by atoms with Gasteiger partial charge >= 0.3 is 0 Å². The minimum absolute atomic E-state index is 0.00894. The Morgan fingerprint density at radius 2 is 2.26 bits per heavy atom. The van der Waals surface area contributed by atoms with Gasteiger partial charge in [0.15, 0.2) is 0 Å². The molecule has 3 rings (SSSR count). The van der Waals surface area contributed by atoms with Crippen LogP contribution in [0, 0.1) is 0 Å². The van der Waals surface area contributed by atoms with Crippen molar-refractivity contribution in [3.05, 3.63) is 27.5 Å². The van der Waals surface area contributed by atoms with Gasteiger partial charge in [0, 0.05) is 36.3 Å². The van der Waals surface area contributed by atoms with Crippen molar-refractivity contribution in [2.24, 2.45) is 0 Å². The molecule has 0 aliphatic carbocycles. The van der Waals surface area contributed by atoms with E-state index in [9.17, 15) is 4.79 Å². The number of carbonyl (C=O) groups is 1. The summed E-state index contributed by atoms with van der Waals surface area (Å²) in [7, 11) is 0. The quantitative estimate of drug-likeness (QED) is 0.734. The molecule has 3 heterocycles. The molecule has 2 fully saturated rings. The third-order valence-corrected chi connectivity index (χ3v) is 4.65. The lowest BCUT2D eigenvalue weighted by atomic mass is 10.1. The zero-order valence-corrected chi connectivity index (χ0v) is 12.8. The van der Waals surface area contributed by atoms with Gasteiger partial charge in [-0.15, -0.1) is 0 Å². The van der Waals surface area contributed by atoms with E-state index in [1.165, 1.54) is 19.4 Å². The van der Waals surface area contributed by atoms with Crippen LogP contribution in [0.15, 0.2) is 16.7 Å². The van der Waals surface area contributed by atoms with E-state index in [1.54, 1.807) is 12.3 Å². The van der Waals surface area contributed by atoms with Crippen LogP contribution in [0.3, 0.4) is 0 Å². The van der Waals surface area contributed by atoms with Gasteiger partial charge < -0.3 is 4.90 Å². The lowest BCUT2D eigenvalue weighted by molar-refractivity contribution is 0.0571. The summed E-state index contributed by atoms with van der Waals surface area (Å²) >= 11 is 9.37. The fraction of sp³-hybridized carbons (Fsp3) is 0.538. The van der Waals surface area contributed by atoms with Crippen molar-refractivity contribution in [2.45, 2.75) is 18.9 Å². The molecule has 0 bridgehead atoms. The SMILES string of the molecule is O=C(c1cc(Br)cnc1Cl)N1CCN2CCCC2C1. The average Bonchev–Trinajstić information content (AvgIpc) is 2.88. The number of rotatable bonds is 1. The molecule has 0 spiro atoms. The predicted molar refractivity (Wildman–Crippen MR) is 77.4 cm³/mol. The Hall–Kier alpha value is -0.650. The maximum absolute atomic E-state index is 12.5. The molecule has 4 nitrogen and oxygen atoms in total. The van der Waals surface area contributed by atoms with E-state index in [2.05, 4.69) is 25.8 Å². The second kappa shape index (κ2) is 5.38. The molecule has 102 valence electrons. The minimum Gasteiger partial charge on any atom is -0.336 e. The van der Waals surface area contributed by atoms with Crippen molar-refractivity contribution >= 4 is 33.4 Å². The Bertz CT molecular complexity index is 511. The van der Waals surface area contributed by atoms with Gasteiger partial charge in [-0.1, -0.05) is 11.6 Å². The number of hydrogen-bond donors (Lipinski definition) is 0. The number of pyridine rings is 1. The molecule has 1 aromatic heterocycles. The second-order valence-electron chi connectivity index (χ2n) is 5.08. The summed E-state index contributed by atoms with van der Waals surface area (Å²) in [5.74, 6) is -0.00894. The number of halogens is 2. The maximum atomic E-state index is 12.5. The molecule has 2 aliphatic rings. The fourth-order valence-corrected chi connectivity index (χ4v) is 3.43. The van der Waals surface area contributed by atoms with Crippen LogP contribution in [-0.2, 0) is 0 Å². The third kappa shape index (κ3) is 2.64. The fourth-order valence-electron chi connectivity index (χ4n) is 2.92. The Morgan fingerprint density at radius 3 is 3.11 bits per heavy atom. The first-order chi connectivity index (χ1) is 9.15. The van der Waals surface area contributed by atoms with Crippen LogP contribution in [0.1, 0.15) is 23.2 Å². The molecule has 1 unspecified atom stereocenters. The topological polar surface area (TPSA) is 36.4 Å². The van der Waals surface area contributed by atoms with Crippen molar-refractivity contribution in [3.63, 3.8) is 0 Å². The summed E-state index contributed by atoms with van der Waals surface area (Å²) in [6.45, 7) is 3.72. The average molecular weight is 345 g/mol. The summed E-state index contributed by atoms with van der Waals surface area (Å²) in [6.07, 6.45) is 4.04. The van der Waals surface area contributed by atoms with Crippen LogP contribution >= 0.6 is 27.5 Å². The Kier molecular flexibility index (Phi) is 3.78. The number of nitrogens with zero attached hydrogens (tertiary/aromatic N) is 3. The van der Waals surface area contributed by atoms with Crippen LogP contribution in [0.4, 0.5) is 0 Å². The van der Waals surface area contributed by atoms with Gasteiger partial charge in [0.25, 0.3) is 5.91 Å². The van der Waals surface area contributed by atoms with Crippen LogP contribution < -0.4 is 0 Å². The lowest BCUT2D eigenvalue weighted by Gasteiger charge is -2.37. The third-order valence-electron chi connectivity index (χ3n) is 3.91. The van der Waals surface area contributed by atoms with E-state index in [-0.39, 0.29) is 11.1 Å². The van der Waals surface area contributed by atoms with Crippen molar-refractivity contribution in [2.75, 3.05) is 26.2 Å². The number of fused-ring (bicyclic) bond motifs is 1. The Morgan fingerprint density at radius 1 is 1.42 bits per heavy atom. The Balaban J connectivity index is 1.78. The molecule has 6 heteroatoms. The Labute approximate surface area is 125 Å². The van der Waals surface area contributed by atoms with E-state index in [0.717, 1.165) is 24.1 Å². The van der Waals surface area contributed by atoms with E-state index >= 15 is 0 Å². The van der Waals surface area contributed by atoms with Crippen molar-refractivity contribution in [1.29, 1.82) is 0 Å². The highest BCUT2D eigenvalue weighted by Gasteiger charge is 2.33. The molecule has 1 aromatic rings. The highest BCUT2D eigenvalue weighted by molar-refractivity contribution is 9.10. The largest absolute Gasteiger partial charge is 0.336 e. The molecule has 19 heavy (non-hydrogen) atoms. The standard InChI is InChI=1S/C13H15BrClN3O/c14-9-6-11(12(15)16-7-9)13(19)18-5-4-17-3-1-2-10(17)8-18/h6-7,10H,1-5,8H2. The van der Waals surface area contributed by atoms with Crippen LogP contribution in [-0.4, -0.2) is 52.9 Å². The van der Waals surface area contributed by atoms with Crippen LogP contribution in [0.2, 0.25) is 5.15 Å². The number of hydrogen-bond acceptors (Lipinski definition) is 3. The molecule has 0 radical (unpaired) electrons. The highest BCUT2D eigenvalue weighted by atomic mass is 79.9. The summed E-state index contributed by atoms with van der Waals surface area (Å²) < 4.78 is 0.778. The molecule has 0 saturated carbocycles. The number of amides is 1. The molecule has 1 amide bonds. The first kappa shape index (κ1) is 13.3. The first-order valence-corrected chi connectivity index (χ1v) is 7.66. The molecular weight excluding hydrogens is 330 g/mol. The smallest absolute Gasteiger partial charge is 0.257 e. The van der Waals surface area contributed by atoms with Crippen molar-refractivity contribution in [1.82, 2.24) is 14.8 Å². The zero-order chi connectivity index (χ0) is 13.4. The minimum atomic E-state index is -0.00894. The van der Waals surface area contributed by atoms with Gasteiger partial charge in [-0.3, -0.25) is 9.69 Å². The number of piperazine rings is 1. The van der Waals surface area contributed by atoms with Crippen molar-refractivity contribution in [3.8, 4) is 0 Å². The molecule has 0 N–H and O–H groups in total. The molecule has 1 atom stereocenters. The molecule has 0 aromatic carbocycles. The summed E-state index contributed by atoms with van der Waals surface area (Å²) in [4.78, 5) is 20.9. The lowest BCUT2D eigenvalue weighted by Crippen LogP contribution is -2.52. The van der Waals surface area contributed by atoms with E-state index < -0.39 is 0 Å². The van der Waals surface area contributed by atoms with Crippen LogP contribution in [0.25, 0.3) is 0 Å². The van der Waals surface area contributed by atoms with Gasteiger partial charge in [0.2, 0.25) is 0 Å². The van der Waals surface area contributed by atoms with Gasteiger partial charge in [-0.05, 0) is 41.4 Å². The van der Waals surface area contributed by atoms with Gasteiger partial charge in [0.1, 0.15) is 5.15 Å². The van der Waals surface area contributed by atoms with E-state index in [4.69, 9.17) is 11.6 Å². The summed E-state index contributed by atoms with van der Waals surface area (Å²) in [5, 5.41) is 0.280. The zero-order valence-electron chi connectivity index (χ0n) is 10.5. The second-order valence-corrected chi connectivity index (χ2v) is 6.35. The molecule has 2 aliphatic heterocycles. The summed E-state index contributed by atoms with van der Waals surface area (Å²) in [5.41, 5.74) is 0.488. The highest BCUT2D eigenvalue weighted by Crippen LogP contribution is 2.25. The predicted octanol–water partition coefficient (Wildman–Crippen LogP) is 2.42. The molecule has 2 saturated heterocycles. The maximum Gasteiger partial charge on any atom is 0.257 e. The summed E-state index contributed by atoms with van der Waals surface area (Å²) in [6, 6.07) is 2.27. The van der Waals surface area contributed by atoms with Crippen LogP contribution in [0.5, 0.6) is 0 Å². The number of carbonyl (C=O) groups excluding carboxylic acids is 1. The monoisotopic (exact) mass is 343 g/mol. The van der Waals surface area contributed by atoms with Gasteiger partial charge in [-0.25, -0.2) is 4.98 Å². The van der Waals surface area contributed by atoms with Gasteiger partial charge in [0.05, 0.1) is 5.56 Å². The normalized spacial score (nSPS) is 23.5. The van der Waals surface area contributed by atoms with E-state index in [0.29, 0.717) is 11.6 Å².